The maximum Gasteiger partial charge on any atom is 0.449 e. The summed E-state index contributed by atoms with van der Waals surface area (Å²) in [6.07, 6.45) is -3.57. The van der Waals surface area contributed by atoms with Crippen molar-refractivity contribution < 1.29 is 27.3 Å². The molecule has 1 amide bonds. The van der Waals surface area contributed by atoms with E-state index >= 15 is 0 Å². The summed E-state index contributed by atoms with van der Waals surface area (Å²) >= 11 is 0. The van der Waals surface area contributed by atoms with Gasteiger partial charge in [-0.2, -0.15) is 13.2 Å². The number of carbonyl (C=O) groups is 1. The van der Waals surface area contributed by atoms with Gasteiger partial charge < -0.3 is 13.9 Å². The van der Waals surface area contributed by atoms with E-state index in [0.717, 1.165) is 6.07 Å². The summed E-state index contributed by atoms with van der Waals surface area (Å²) in [4.78, 5) is 27.7. The van der Waals surface area contributed by atoms with Gasteiger partial charge in [0.15, 0.2) is 5.76 Å². The van der Waals surface area contributed by atoms with Gasteiger partial charge in [-0.25, -0.2) is 4.98 Å². The van der Waals surface area contributed by atoms with Crippen molar-refractivity contribution in [1.82, 2.24) is 14.5 Å². The molecule has 1 saturated heterocycles. The van der Waals surface area contributed by atoms with E-state index in [-0.39, 0.29) is 23.7 Å². The quantitative estimate of drug-likeness (QED) is 0.466. The normalized spacial score (nSPS) is 15.6. The first-order valence-electron chi connectivity index (χ1n) is 9.30. The molecule has 1 aromatic carbocycles. The zero-order valence-corrected chi connectivity index (χ0v) is 15.6. The van der Waals surface area contributed by atoms with Crippen LogP contribution in [0.5, 0.6) is 0 Å². The molecule has 0 spiro atoms. The van der Waals surface area contributed by atoms with Crippen molar-refractivity contribution in [2.24, 2.45) is 5.92 Å². The van der Waals surface area contributed by atoms with Gasteiger partial charge in [-0.1, -0.05) is 12.1 Å². The lowest BCUT2D eigenvalue weighted by atomic mass is 9.96. The number of nitro groups is 1. The molecule has 3 heterocycles. The Bertz CT molecular complexity index is 1100. The van der Waals surface area contributed by atoms with E-state index in [0.29, 0.717) is 31.4 Å². The number of halogens is 3. The van der Waals surface area contributed by atoms with E-state index in [4.69, 9.17) is 4.42 Å². The number of carbonyl (C=O) groups excluding carboxylic acids is 1. The van der Waals surface area contributed by atoms with Crippen molar-refractivity contribution in [3.05, 3.63) is 58.1 Å². The summed E-state index contributed by atoms with van der Waals surface area (Å²) in [5.74, 6) is -2.10. The number of likely N-dealkylation sites (tertiary alicyclic amines) is 1. The van der Waals surface area contributed by atoms with E-state index < -0.39 is 28.7 Å². The predicted molar refractivity (Wildman–Crippen MR) is 98.7 cm³/mol. The summed E-state index contributed by atoms with van der Waals surface area (Å²) in [5.41, 5.74) is 0.711. The molecule has 3 aromatic rings. The third kappa shape index (κ3) is 3.74. The van der Waals surface area contributed by atoms with Crippen molar-refractivity contribution in [2.75, 3.05) is 13.1 Å². The van der Waals surface area contributed by atoms with Gasteiger partial charge in [0, 0.05) is 19.6 Å². The first kappa shape index (κ1) is 19.9. The monoisotopic (exact) mass is 422 g/mol. The molecule has 0 radical (unpaired) electrons. The lowest BCUT2D eigenvalue weighted by molar-refractivity contribution is -0.402. The number of para-hydroxylation sites is 2. The highest BCUT2D eigenvalue weighted by atomic mass is 19.4. The van der Waals surface area contributed by atoms with Crippen LogP contribution in [0.1, 0.15) is 29.2 Å². The minimum Gasteiger partial charge on any atom is -0.395 e. The minimum atomic E-state index is -4.57. The largest absolute Gasteiger partial charge is 0.449 e. The van der Waals surface area contributed by atoms with Crippen molar-refractivity contribution >= 4 is 22.8 Å². The zero-order valence-electron chi connectivity index (χ0n) is 15.6. The number of furan rings is 1. The molecule has 2 aromatic heterocycles. The standard InChI is InChI=1S/C19H17F3N4O4/c20-19(21,22)18-23-13-3-1-2-4-14(13)25(18)11-12-7-9-24(10-8-12)17(27)15-5-6-16(30-15)26(28)29/h1-6,12H,7-11H2. The number of hydrogen-bond acceptors (Lipinski definition) is 5. The molecule has 0 atom stereocenters. The van der Waals surface area contributed by atoms with E-state index in [9.17, 15) is 28.1 Å². The Morgan fingerprint density at radius 3 is 2.53 bits per heavy atom. The molecule has 1 aliphatic rings. The lowest BCUT2D eigenvalue weighted by Crippen LogP contribution is -2.39. The van der Waals surface area contributed by atoms with Crippen LogP contribution in [-0.4, -0.2) is 38.4 Å². The molecule has 158 valence electrons. The number of piperidine rings is 1. The number of imidazole rings is 1. The van der Waals surface area contributed by atoms with Crippen LogP contribution >= 0.6 is 0 Å². The van der Waals surface area contributed by atoms with Gasteiger partial charge in [0.05, 0.1) is 17.1 Å². The molecule has 4 rings (SSSR count). The Labute approximate surface area is 168 Å². The van der Waals surface area contributed by atoms with E-state index in [1.54, 1.807) is 24.3 Å². The maximum atomic E-state index is 13.5. The van der Waals surface area contributed by atoms with Crippen LogP contribution in [0.3, 0.4) is 0 Å². The van der Waals surface area contributed by atoms with E-state index in [1.165, 1.54) is 15.5 Å². The van der Waals surface area contributed by atoms with Crippen molar-refractivity contribution in [2.45, 2.75) is 25.6 Å². The van der Waals surface area contributed by atoms with Crippen LogP contribution in [-0.2, 0) is 12.7 Å². The Balaban J connectivity index is 1.46. The number of rotatable bonds is 4. The van der Waals surface area contributed by atoms with Crippen molar-refractivity contribution in [1.29, 1.82) is 0 Å². The van der Waals surface area contributed by atoms with Gasteiger partial charge >= 0.3 is 12.1 Å². The van der Waals surface area contributed by atoms with Crippen LogP contribution in [0.2, 0.25) is 0 Å². The fraction of sp³-hybridized carbons (Fsp3) is 0.368. The molecule has 0 aliphatic carbocycles. The van der Waals surface area contributed by atoms with Gasteiger partial charge in [-0.15, -0.1) is 0 Å². The fourth-order valence-electron chi connectivity index (χ4n) is 3.75. The predicted octanol–water partition coefficient (Wildman–Crippen LogP) is 4.11. The maximum absolute atomic E-state index is 13.5. The van der Waals surface area contributed by atoms with Gasteiger partial charge in [0.25, 0.3) is 5.91 Å². The Morgan fingerprint density at radius 1 is 1.20 bits per heavy atom. The molecule has 30 heavy (non-hydrogen) atoms. The zero-order chi connectivity index (χ0) is 21.5. The third-order valence-electron chi connectivity index (χ3n) is 5.23. The Kier molecular flexibility index (Phi) is 4.96. The smallest absolute Gasteiger partial charge is 0.395 e. The van der Waals surface area contributed by atoms with Crippen LogP contribution in [0.4, 0.5) is 19.1 Å². The van der Waals surface area contributed by atoms with Crippen molar-refractivity contribution in [3.8, 4) is 0 Å². The first-order valence-corrected chi connectivity index (χ1v) is 9.30. The number of alkyl halides is 3. The molecule has 0 bridgehead atoms. The van der Waals surface area contributed by atoms with Gasteiger partial charge in [0.2, 0.25) is 5.82 Å². The lowest BCUT2D eigenvalue weighted by Gasteiger charge is -2.32. The second-order valence-electron chi connectivity index (χ2n) is 7.16. The molecule has 1 fully saturated rings. The molecule has 8 nitrogen and oxygen atoms in total. The second-order valence-corrected chi connectivity index (χ2v) is 7.16. The Hall–Kier alpha value is -3.37. The number of aromatic nitrogens is 2. The highest BCUT2D eigenvalue weighted by Crippen LogP contribution is 2.33. The van der Waals surface area contributed by atoms with E-state index in [1.807, 2.05) is 0 Å². The topological polar surface area (TPSA) is 94.4 Å². The fourth-order valence-corrected chi connectivity index (χ4v) is 3.75. The first-order chi connectivity index (χ1) is 14.2. The highest BCUT2D eigenvalue weighted by Gasteiger charge is 2.38. The molecule has 0 N–H and O–H groups in total. The van der Waals surface area contributed by atoms with Gasteiger partial charge in [-0.05, 0) is 37.0 Å². The molecule has 1 aliphatic heterocycles. The molecule has 0 unspecified atom stereocenters. The summed E-state index contributed by atoms with van der Waals surface area (Å²) in [5, 5.41) is 10.7. The average Bonchev–Trinajstić information content (AvgIpc) is 3.34. The van der Waals surface area contributed by atoms with Crippen LogP contribution in [0.15, 0.2) is 40.8 Å². The van der Waals surface area contributed by atoms with E-state index in [2.05, 4.69) is 4.98 Å². The number of amides is 1. The summed E-state index contributed by atoms with van der Waals surface area (Å²) in [6, 6.07) is 8.83. The number of nitrogens with zero attached hydrogens (tertiary/aromatic N) is 4. The molecular formula is C19H17F3N4O4. The average molecular weight is 422 g/mol. The number of hydrogen-bond donors (Lipinski definition) is 0. The van der Waals surface area contributed by atoms with Crippen molar-refractivity contribution in [3.63, 3.8) is 0 Å². The summed E-state index contributed by atoms with van der Waals surface area (Å²) in [7, 11) is 0. The summed E-state index contributed by atoms with van der Waals surface area (Å²) in [6.45, 7) is 0.793. The highest BCUT2D eigenvalue weighted by molar-refractivity contribution is 5.91. The van der Waals surface area contributed by atoms with Gasteiger partial charge in [-0.3, -0.25) is 14.9 Å². The van der Waals surface area contributed by atoms with Crippen LogP contribution < -0.4 is 0 Å². The van der Waals surface area contributed by atoms with Gasteiger partial charge in [0.1, 0.15) is 4.92 Å². The number of fused-ring (bicyclic) bond motifs is 1. The minimum absolute atomic E-state index is 0.0707. The van der Waals surface area contributed by atoms with Crippen LogP contribution in [0, 0.1) is 16.0 Å². The summed E-state index contributed by atoms with van der Waals surface area (Å²) < 4.78 is 46.5. The molecular weight excluding hydrogens is 405 g/mol. The third-order valence-corrected chi connectivity index (χ3v) is 5.23. The Morgan fingerprint density at radius 2 is 1.90 bits per heavy atom. The number of benzene rings is 1. The SMILES string of the molecule is O=C(c1ccc([N+](=O)[O-])o1)N1CCC(Cn2c(C(F)(F)F)nc3ccccc32)CC1. The van der Waals surface area contributed by atoms with Crippen LogP contribution in [0.25, 0.3) is 11.0 Å². The molecule has 0 saturated carbocycles. The molecule has 11 heteroatoms. The second kappa shape index (κ2) is 7.47.